The molecule has 0 radical (unpaired) electrons. The van der Waals surface area contributed by atoms with E-state index >= 15 is 0 Å². The van der Waals surface area contributed by atoms with Crippen molar-refractivity contribution in [2.24, 2.45) is 10.8 Å². The lowest BCUT2D eigenvalue weighted by atomic mass is 9.70. The minimum absolute atomic E-state index is 0.00896. The molecule has 16 heavy (non-hydrogen) atoms. The lowest BCUT2D eigenvalue weighted by molar-refractivity contribution is -0.165. The minimum atomic E-state index is -1.50. The van der Waals surface area contributed by atoms with Gasteiger partial charge in [0, 0.05) is 0 Å². The fraction of sp³-hybridized carbons (Fsp3) is 0.833. The normalized spacial score (nSPS) is 26.8. The molecule has 4 heteroatoms. The highest BCUT2D eigenvalue weighted by Gasteiger charge is 2.57. The summed E-state index contributed by atoms with van der Waals surface area (Å²) in [6.45, 7) is 0. The van der Waals surface area contributed by atoms with Crippen LogP contribution in [0.5, 0.6) is 0 Å². The summed E-state index contributed by atoms with van der Waals surface area (Å²) in [5.41, 5.74) is -1.49. The van der Waals surface area contributed by atoms with Crippen LogP contribution in [0.15, 0.2) is 0 Å². The zero-order chi connectivity index (χ0) is 11.8. The van der Waals surface area contributed by atoms with Crippen molar-refractivity contribution in [2.75, 3.05) is 0 Å². The van der Waals surface area contributed by atoms with Crippen molar-refractivity contribution in [2.45, 2.75) is 51.4 Å². The van der Waals surface area contributed by atoms with Gasteiger partial charge in [0.25, 0.3) is 0 Å². The van der Waals surface area contributed by atoms with Gasteiger partial charge < -0.3 is 10.2 Å². The molecule has 0 heterocycles. The minimum Gasteiger partial charge on any atom is -0.480 e. The van der Waals surface area contributed by atoms with Gasteiger partial charge in [0.2, 0.25) is 0 Å². The van der Waals surface area contributed by atoms with Crippen LogP contribution in [0, 0.1) is 10.8 Å². The second-order valence-corrected chi connectivity index (χ2v) is 5.43. The third-order valence-corrected chi connectivity index (χ3v) is 4.49. The third kappa shape index (κ3) is 1.60. The molecule has 2 N–H and O–H groups in total. The average molecular weight is 226 g/mol. The SMILES string of the molecule is O=C(O)C1(C(=O)O)CCC2(CCCCC2)C1. The summed E-state index contributed by atoms with van der Waals surface area (Å²) in [4.78, 5) is 22.4. The van der Waals surface area contributed by atoms with Gasteiger partial charge in [0.15, 0.2) is 5.41 Å². The van der Waals surface area contributed by atoms with Crippen molar-refractivity contribution in [1.82, 2.24) is 0 Å². The Morgan fingerprint density at radius 2 is 1.38 bits per heavy atom. The molecule has 2 rings (SSSR count). The Morgan fingerprint density at radius 1 is 0.812 bits per heavy atom. The highest BCUT2D eigenvalue weighted by Crippen LogP contribution is 2.56. The standard InChI is InChI=1S/C12H18O4/c13-9(14)12(10(15)16)7-6-11(8-12)4-2-1-3-5-11/h1-8H2,(H,13,14)(H,15,16). The maximum Gasteiger partial charge on any atom is 0.321 e. The van der Waals surface area contributed by atoms with Crippen LogP contribution < -0.4 is 0 Å². The number of carboxylic acids is 2. The third-order valence-electron chi connectivity index (χ3n) is 4.49. The van der Waals surface area contributed by atoms with Crippen LogP contribution in [0.2, 0.25) is 0 Å². The van der Waals surface area contributed by atoms with E-state index in [1.165, 1.54) is 6.42 Å². The van der Waals surface area contributed by atoms with Crippen LogP contribution in [0.3, 0.4) is 0 Å². The molecule has 0 bridgehead atoms. The molecule has 0 aromatic rings. The largest absolute Gasteiger partial charge is 0.480 e. The molecular formula is C12H18O4. The highest BCUT2D eigenvalue weighted by molar-refractivity contribution is 5.98. The molecule has 1 spiro atoms. The lowest BCUT2D eigenvalue weighted by Gasteiger charge is -2.34. The Kier molecular flexibility index (Phi) is 2.68. The second kappa shape index (κ2) is 3.75. The van der Waals surface area contributed by atoms with Gasteiger partial charge in [-0.2, -0.15) is 0 Å². The molecule has 0 aromatic carbocycles. The summed E-state index contributed by atoms with van der Waals surface area (Å²) in [5, 5.41) is 18.3. The number of rotatable bonds is 2. The Balaban J connectivity index is 2.21. The molecule has 90 valence electrons. The van der Waals surface area contributed by atoms with Crippen molar-refractivity contribution in [3.05, 3.63) is 0 Å². The smallest absolute Gasteiger partial charge is 0.321 e. The first kappa shape index (κ1) is 11.4. The van der Waals surface area contributed by atoms with E-state index in [1.807, 2.05) is 0 Å². The van der Waals surface area contributed by atoms with Gasteiger partial charge in [-0.05, 0) is 37.5 Å². The molecule has 0 aromatic heterocycles. The molecule has 0 atom stereocenters. The van der Waals surface area contributed by atoms with Crippen molar-refractivity contribution < 1.29 is 19.8 Å². The van der Waals surface area contributed by atoms with Crippen LogP contribution in [-0.2, 0) is 9.59 Å². The van der Waals surface area contributed by atoms with E-state index in [4.69, 9.17) is 10.2 Å². The molecule has 4 nitrogen and oxygen atoms in total. The Bertz CT molecular complexity index is 301. The predicted octanol–water partition coefficient (Wildman–Crippen LogP) is 2.28. The van der Waals surface area contributed by atoms with Gasteiger partial charge in [0.05, 0.1) is 0 Å². The molecule has 2 saturated carbocycles. The van der Waals surface area contributed by atoms with Gasteiger partial charge in [-0.1, -0.05) is 19.3 Å². The number of hydrogen-bond donors (Lipinski definition) is 2. The summed E-state index contributed by atoms with van der Waals surface area (Å²) >= 11 is 0. The van der Waals surface area contributed by atoms with Crippen LogP contribution in [-0.4, -0.2) is 22.2 Å². The molecule has 0 amide bonds. The summed E-state index contributed by atoms with van der Waals surface area (Å²) in [6, 6.07) is 0. The fourth-order valence-electron chi connectivity index (χ4n) is 3.48. The average Bonchev–Trinajstić information content (AvgIpc) is 2.60. The number of carboxylic acid groups (broad SMARTS) is 2. The Labute approximate surface area is 94.7 Å². The van der Waals surface area contributed by atoms with Gasteiger partial charge in [-0.25, -0.2) is 0 Å². The maximum atomic E-state index is 11.2. The van der Waals surface area contributed by atoms with E-state index in [9.17, 15) is 9.59 Å². The predicted molar refractivity (Wildman–Crippen MR) is 57.1 cm³/mol. The van der Waals surface area contributed by atoms with E-state index in [1.54, 1.807) is 0 Å². The quantitative estimate of drug-likeness (QED) is 0.708. The van der Waals surface area contributed by atoms with Crippen molar-refractivity contribution in [3.8, 4) is 0 Å². The molecular weight excluding hydrogens is 208 g/mol. The van der Waals surface area contributed by atoms with Crippen LogP contribution >= 0.6 is 0 Å². The summed E-state index contributed by atoms with van der Waals surface area (Å²) < 4.78 is 0. The van der Waals surface area contributed by atoms with Gasteiger partial charge >= 0.3 is 11.9 Å². The number of carbonyl (C=O) groups is 2. The number of aliphatic carboxylic acids is 2. The lowest BCUT2D eigenvalue weighted by Crippen LogP contribution is -2.38. The Hall–Kier alpha value is -1.06. The molecule has 2 fully saturated rings. The molecule has 2 aliphatic rings. The highest BCUT2D eigenvalue weighted by atomic mass is 16.4. The second-order valence-electron chi connectivity index (χ2n) is 5.43. The number of hydrogen-bond acceptors (Lipinski definition) is 2. The van der Waals surface area contributed by atoms with E-state index < -0.39 is 17.4 Å². The van der Waals surface area contributed by atoms with Crippen LogP contribution in [0.1, 0.15) is 51.4 Å². The van der Waals surface area contributed by atoms with Gasteiger partial charge in [-0.3, -0.25) is 9.59 Å². The van der Waals surface area contributed by atoms with E-state index in [0.29, 0.717) is 12.8 Å². The van der Waals surface area contributed by atoms with E-state index in [2.05, 4.69) is 0 Å². The summed E-state index contributed by atoms with van der Waals surface area (Å²) in [5.74, 6) is -2.30. The fourth-order valence-corrected chi connectivity index (χ4v) is 3.48. The molecule has 0 unspecified atom stereocenters. The first-order chi connectivity index (χ1) is 7.51. The first-order valence-corrected chi connectivity index (χ1v) is 5.98. The molecule has 0 saturated heterocycles. The van der Waals surface area contributed by atoms with Crippen LogP contribution in [0.25, 0.3) is 0 Å². The van der Waals surface area contributed by atoms with E-state index in [-0.39, 0.29) is 5.41 Å². The molecule has 2 aliphatic carbocycles. The topological polar surface area (TPSA) is 74.6 Å². The zero-order valence-electron chi connectivity index (χ0n) is 9.37. The van der Waals surface area contributed by atoms with Crippen LogP contribution in [0.4, 0.5) is 0 Å². The zero-order valence-corrected chi connectivity index (χ0v) is 9.37. The van der Waals surface area contributed by atoms with Crippen molar-refractivity contribution in [3.63, 3.8) is 0 Å². The summed E-state index contributed by atoms with van der Waals surface area (Å²) in [6.07, 6.45) is 6.87. The first-order valence-electron chi connectivity index (χ1n) is 5.98. The van der Waals surface area contributed by atoms with Gasteiger partial charge in [-0.15, -0.1) is 0 Å². The Morgan fingerprint density at radius 3 is 1.81 bits per heavy atom. The summed E-state index contributed by atoms with van der Waals surface area (Å²) in [7, 11) is 0. The van der Waals surface area contributed by atoms with Gasteiger partial charge in [0.1, 0.15) is 0 Å². The van der Waals surface area contributed by atoms with E-state index in [0.717, 1.165) is 32.1 Å². The van der Waals surface area contributed by atoms with Crippen molar-refractivity contribution >= 4 is 11.9 Å². The molecule has 0 aliphatic heterocycles. The monoisotopic (exact) mass is 226 g/mol. The maximum absolute atomic E-state index is 11.2. The van der Waals surface area contributed by atoms with Crippen molar-refractivity contribution in [1.29, 1.82) is 0 Å².